The smallest absolute Gasteiger partial charge is 0.331 e. The Bertz CT molecular complexity index is 583. The largest absolute Gasteiger partial charge is 0.479 e. The topological polar surface area (TPSA) is 94.0 Å². The highest BCUT2D eigenvalue weighted by Gasteiger charge is 2.41. The van der Waals surface area contributed by atoms with Gasteiger partial charge in [0.25, 0.3) is 0 Å². The molecule has 0 saturated heterocycles. The van der Waals surface area contributed by atoms with E-state index in [2.05, 4.69) is 15.5 Å². The highest BCUT2D eigenvalue weighted by Crippen LogP contribution is 2.31. The third kappa shape index (κ3) is 1.91. The van der Waals surface area contributed by atoms with E-state index in [9.17, 15) is 9.90 Å². The lowest BCUT2D eigenvalue weighted by molar-refractivity contribution is -0.148. The van der Waals surface area contributed by atoms with E-state index in [1.165, 1.54) is 10.9 Å². The molecule has 0 saturated carbocycles. The Morgan fingerprint density at radius 2 is 2.16 bits per heavy atom. The van der Waals surface area contributed by atoms with Crippen LogP contribution in [0, 0.1) is 6.92 Å². The number of carbonyl (C=O) groups is 1. The molecule has 2 rings (SSSR count). The number of carboxylic acids is 1. The summed E-state index contributed by atoms with van der Waals surface area (Å²) in [6.45, 7) is 5.47. The molecule has 0 atom stereocenters. The summed E-state index contributed by atoms with van der Waals surface area (Å²) in [5.74, 6) is -0.110. The Morgan fingerprint density at radius 3 is 2.63 bits per heavy atom. The molecule has 0 aliphatic carbocycles. The van der Waals surface area contributed by atoms with Crippen LogP contribution in [0.4, 0.5) is 0 Å². The van der Waals surface area contributed by atoms with Crippen LogP contribution in [-0.4, -0.2) is 31.3 Å². The molecule has 0 spiro atoms. The van der Waals surface area contributed by atoms with E-state index in [1.54, 1.807) is 19.9 Å². The van der Waals surface area contributed by atoms with Crippen LogP contribution in [0.3, 0.4) is 0 Å². The zero-order chi connectivity index (χ0) is 14.0. The van der Waals surface area contributed by atoms with E-state index in [0.29, 0.717) is 24.4 Å². The van der Waals surface area contributed by atoms with Crippen molar-refractivity contribution in [2.24, 2.45) is 0 Å². The Hall–Kier alpha value is -2.18. The highest BCUT2D eigenvalue weighted by atomic mass is 16.4. The van der Waals surface area contributed by atoms with Crippen LogP contribution in [0.1, 0.15) is 32.3 Å². The van der Waals surface area contributed by atoms with E-state index in [4.69, 9.17) is 4.42 Å². The van der Waals surface area contributed by atoms with Crippen LogP contribution < -0.4 is 0 Å². The van der Waals surface area contributed by atoms with Crippen LogP contribution in [0.25, 0.3) is 11.6 Å². The maximum absolute atomic E-state index is 11.6. The fourth-order valence-electron chi connectivity index (χ4n) is 2.16. The summed E-state index contributed by atoms with van der Waals surface area (Å²) in [5.41, 5.74) is -0.291. The quantitative estimate of drug-likeness (QED) is 0.885. The number of tetrazole rings is 1. The van der Waals surface area contributed by atoms with Gasteiger partial charge in [-0.1, -0.05) is 13.8 Å². The first-order valence-electron chi connectivity index (χ1n) is 6.13. The number of aryl methyl sites for hydroxylation is 1. The summed E-state index contributed by atoms with van der Waals surface area (Å²) in [5, 5.41) is 20.9. The van der Waals surface area contributed by atoms with Gasteiger partial charge >= 0.3 is 5.97 Å². The summed E-state index contributed by atoms with van der Waals surface area (Å²) in [7, 11) is 0. The van der Waals surface area contributed by atoms with Gasteiger partial charge in [0.2, 0.25) is 5.82 Å². The van der Waals surface area contributed by atoms with Crippen molar-refractivity contribution in [2.75, 3.05) is 0 Å². The SMILES string of the molecule is CCC(CC)(C(=O)O)n1nnnc1-c1occc1C. The van der Waals surface area contributed by atoms with Crippen LogP contribution in [0.2, 0.25) is 0 Å². The second kappa shape index (κ2) is 4.83. The molecule has 0 bridgehead atoms. The highest BCUT2D eigenvalue weighted by molar-refractivity contribution is 5.77. The molecule has 19 heavy (non-hydrogen) atoms. The Labute approximate surface area is 110 Å². The van der Waals surface area contributed by atoms with Crippen molar-refractivity contribution in [1.29, 1.82) is 0 Å². The molecule has 102 valence electrons. The minimum atomic E-state index is -1.15. The number of hydrogen-bond acceptors (Lipinski definition) is 5. The first-order valence-corrected chi connectivity index (χ1v) is 6.13. The number of rotatable bonds is 5. The van der Waals surface area contributed by atoms with Crippen LogP contribution in [0.15, 0.2) is 16.7 Å². The van der Waals surface area contributed by atoms with Gasteiger partial charge in [0.05, 0.1) is 6.26 Å². The van der Waals surface area contributed by atoms with Gasteiger partial charge in [0, 0.05) is 0 Å². The van der Waals surface area contributed by atoms with Gasteiger partial charge in [-0.2, -0.15) is 0 Å². The van der Waals surface area contributed by atoms with Crippen molar-refractivity contribution in [3.8, 4) is 11.6 Å². The number of carboxylic acid groups (broad SMARTS) is 1. The standard InChI is InChI=1S/C12H16N4O3/c1-4-12(5-2,11(17)18)16-10(13-14-15-16)9-8(3)6-7-19-9/h6-7H,4-5H2,1-3H3,(H,17,18). The monoisotopic (exact) mass is 264 g/mol. The molecule has 2 aromatic heterocycles. The van der Waals surface area contributed by atoms with Crippen molar-refractivity contribution >= 4 is 5.97 Å². The molecule has 1 N–H and O–H groups in total. The summed E-state index contributed by atoms with van der Waals surface area (Å²) in [4.78, 5) is 11.6. The second-order valence-corrected chi connectivity index (χ2v) is 4.39. The number of furan rings is 1. The summed E-state index contributed by atoms with van der Waals surface area (Å²) >= 11 is 0. The fourth-order valence-corrected chi connectivity index (χ4v) is 2.16. The van der Waals surface area contributed by atoms with E-state index >= 15 is 0 Å². The van der Waals surface area contributed by atoms with Gasteiger partial charge in [-0.3, -0.25) is 0 Å². The van der Waals surface area contributed by atoms with E-state index in [1.807, 2.05) is 6.92 Å². The summed E-state index contributed by atoms with van der Waals surface area (Å²) in [6, 6.07) is 1.79. The summed E-state index contributed by atoms with van der Waals surface area (Å²) in [6.07, 6.45) is 2.30. The van der Waals surface area contributed by atoms with Crippen LogP contribution in [-0.2, 0) is 10.3 Å². The molecule has 0 amide bonds. The third-order valence-electron chi connectivity index (χ3n) is 3.51. The minimum Gasteiger partial charge on any atom is -0.479 e. The van der Waals surface area contributed by atoms with Gasteiger partial charge in [0.1, 0.15) is 0 Å². The Kier molecular flexibility index (Phi) is 3.37. The molecule has 2 aromatic rings. The molecule has 2 heterocycles. The maximum Gasteiger partial charge on any atom is 0.331 e. The average molecular weight is 264 g/mol. The molecular weight excluding hydrogens is 248 g/mol. The predicted molar refractivity (Wildman–Crippen MR) is 66.4 cm³/mol. The molecule has 7 nitrogen and oxygen atoms in total. The van der Waals surface area contributed by atoms with Crippen LogP contribution >= 0.6 is 0 Å². The minimum absolute atomic E-state index is 0.341. The van der Waals surface area contributed by atoms with Gasteiger partial charge < -0.3 is 9.52 Å². The predicted octanol–water partition coefficient (Wildman–Crippen LogP) is 1.84. The molecule has 0 unspecified atom stereocenters. The Morgan fingerprint density at radius 1 is 1.47 bits per heavy atom. The zero-order valence-electron chi connectivity index (χ0n) is 11.1. The molecule has 0 aromatic carbocycles. The lowest BCUT2D eigenvalue weighted by Crippen LogP contribution is -2.42. The second-order valence-electron chi connectivity index (χ2n) is 4.39. The van der Waals surface area contributed by atoms with Crippen molar-refractivity contribution in [1.82, 2.24) is 20.2 Å². The maximum atomic E-state index is 11.6. The molecule has 0 aliphatic rings. The third-order valence-corrected chi connectivity index (χ3v) is 3.51. The Balaban J connectivity index is 2.61. The zero-order valence-corrected chi connectivity index (χ0v) is 11.1. The molecule has 0 radical (unpaired) electrons. The van der Waals surface area contributed by atoms with E-state index < -0.39 is 11.5 Å². The number of aromatic nitrogens is 4. The van der Waals surface area contributed by atoms with Gasteiger partial charge in [-0.25, -0.2) is 9.48 Å². The molecular formula is C12H16N4O3. The molecule has 7 heteroatoms. The fraction of sp³-hybridized carbons (Fsp3) is 0.500. The number of hydrogen-bond donors (Lipinski definition) is 1. The van der Waals surface area contributed by atoms with Gasteiger partial charge in [-0.05, 0) is 41.8 Å². The van der Waals surface area contributed by atoms with Crippen LogP contribution in [0.5, 0.6) is 0 Å². The van der Waals surface area contributed by atoms with Crippen molar-refractivity contribution in [2.45, 2.75) is 39.2 Å². The molecule has 0 fully saturated rings. The summed E-state index contributed by atoms with van der Waals surface area (Å²) < 4.78 is 6.71. The van der Waals surface area contributed by atoms with E-state index in [-0.39, 0.29) is 0 Å². The van der Waals surface area contributed by atoms with Gasteiger partial charge in [0.15, 0.2) is 11.3 Å². The first kappa shape index (κ1) is 13.3. The lowest BCUT2D eigenvalue weighted by Gasteiger charge is -2.27. The normalized spacial score (nSPS) is 11.7. The number of nitrogens with zero attached hydrogens (tertiary/aromatic N) is 4. The van der Waals surface area contributed by atoms with Crippen molar-refractivity contribution < 1.29 is 14.3 Å². The average Bonchev–Trinajstić information content (AvgIpc) is 3.00. The first-order chi connectivity index (χ1) is 9.06. The lowest BCUT2D eigenvalue weighted by atomic mass is 9.93. The number of aliphatic carboxylic acids is 1. The molecule has 0 aliphatic heterocycles. The van der Waals surface area contributed by atoms with Crippen molar-refractivity contribution in [3.63, 3.8) is 0 Å². The van der Waals surface area contributed by atoms with E-state index in [0.717, 1.165) is 5.56 Å². The van der Waals surface area contributed by atoms with Crippen molar-refractivity contribution in [3.05, 3.63) is 17.9 Å². The van der Waals surface area contributed by atoms with Gasteiger partial charge in [-0.15, -0.1) is 5.10 Å².